The van der Waals surface area contributed by atoms with E-state index in [9.17, 15) is 9.59 Å². The summed E-state index contributed by atoms with van der Waals surface area (Å²) < 4.78 is 16.1. The van der Waals surface area contributed by atoms with Gasteiger partial charge in [0.25, 0.3) is 11.8 Å². The van der Waals surface area contributed by atoms with Crippen LogP contribution in [0.4, 0.5) is 5.69 Å². The zero-order chi connectivity index (χ0) is 20.2. The molecule has 1 aliphatic heterocycles. The Labute approximate surface area is 171 Å². The Bertz CT molecular complexity index is 1030. The zero-order valence-corrected chi connectivity index (χ0v) is 16.0. The molecule has 2 aromatic carbocycles. The summed E-state index contributed by atoms with van der Waals surface area (Å²) in [6, 6.07) is 13.3. The van der Waals surface area contributed by atoms with Gasteiger partial charge in [-0.05, 0) is 54.1 Å². The third-order valence-electron chi connectivity index (χ3n) is 4.26. The molecule has 2 heterocycles. The van der Waals surface area contributed by atoms with Crippen LogP contribution in [0.5, 0.6) is 11.5 Å². The quantitative estimate of drug-likeness (QED) is 0.663. The van der Waals surface area contributed by atoms with Crippen molar-refractivity contribution in [2.45, 2.75) is 6.54 Å². The number of furan rings is 1. The average molecular weight is 413 g/mol. The molecule has 29 heavy (non-hydrogen) atoms. The lowest BCUT2D eigenvalue weighted by Crippen LogP contribution is -2.23. The lowest BCUT2D eigenvalue weighted by Gasteiger charge is -2.20. The molecular formula is C21H17ClN2O5. The number of carbonyl (C=O) groups is 2. The fourth-order valence-corrected chi connectivity index (χ4v) is 3.14. The van der Waals surface area contributed by atoms with Gasteiger partial charge in [-0.25, -0.2) is 0 Å². The molecule has 1 aliphatic rings. The number of fused-ring (bicyclic) bond motifs is 1. The number of carbonyl (C=O) groups excluding carboxylic acids is 2. The van der Waals surface area contributed by atoms with Crippen molar-refractivity contribution in [1.29, 1.82) is 0 Å². The standard InChI is InChI=1S/C21H17ClN2O5/c22-16-10-13(11-18-19(16)29-9-8-28-18)12-23-20(25)14-3-5-15(6-4-14)24-21(26)17-2-1-7-27-17/h1-7,10-11H,8-9,12H2,(H,23,25)(H,24,26). The van der Waals surface area contributed by atoms with Crippen LogP contribution in [0.2, 0.25) is 5.02 Å². The maximum atomic E-state index is 12.4. The minimum Gasteiger partial charge on any atom is -0.486 e. The largest absolute Gasteiger partial charge is 0.486 e. The molecule has 7 nitrogen and oxygen atoms in total. The molecule has 0 radical (unpaired) electrons. The number of hydrogen-bond donors (Lipinski definition) is 2. The highest BCUT2D eigenvalue weighted by atomic mass is 35.5. The van der Waals surface area contributed by atoms with Gasteiger partial charge in [-0.1, -0.05) is 11.6 Å². The van der Waals surface area contributed by atoms with E-state index in [-0.39, 0.29) is 24.1 Å². The second kappa shape index (κ2) is 8.28. The predicted molar refractivity (Wildman–Crippen MR) is 107 cm³/mol. The molecule has 0 bridgehead atoms. The van der Waals surface area contributed by atoms with Crippen LogP contribution < -0.4 is 20.1 Å². The number of benzene rings is 2. The van der Waals surface area contributed by atoms with Crippen molar-refractivity contribution in [3.05, 3.63) is 76.7 Å². The molecule has 0 atom stereocenters. The third-order valence-corrected chi connectivity index (χ3v) is 4.54. The van der Waals surface area contributed by atoms with Gasteiger partial charge in [0.2, 0.25) is 0 Å². The van der Waals surface area contributed by atoms with Gasteiger partial charge in [-0.3, -0.25) is 9.59 Å². The molecule has 3 aromatic rings. The number of nitrogens with one attached hydrogen (secondary N) is 2. The first-order valence-corrected chi connectivity index (χ1v) is 9.29. The maximum Gasteiger partial charge on any atom is 0.291 e. The number of halogens is 1. The summed E-state index contributed by atoms with van der Waals surface area (Å²) >= 11 is 6.22. The van der Waals surface area contributed by atoms with E-state index in [0.717, 1.165) is 5.56 Å². The molecule has 2 N–H and O–H groups in total. The van der Waals surface area contributed by atoms with Gasteiger partial charge in [0.1, 0.15) is 13.2 Å². The second-order valence-corrected chi connectivity index (χ2v) is 6.70. The number of rotatable bonds is 5. The molecule has 0 aliphatic carbocycles. The fraction of sp³-hybridized carbons (Fsp3) is 0.143. The van der Waals surface area contributed by atoms with E-state index < -0.39 is 0 Å². The van der Waals surface area contributed by atoms with E-state index >= 15 is 0 Å². The third kappa shape index (κ3) is 4.35. The molecule has 0 saturated carbocycles. The number of hydrogen-bond acceptors (Lipinski definition) is 5. The van der Waals surface area contributed by atoms with E-state index in [4.69, 9.17) is 25.5 Å². The first-order valence-electron chi connectivity index (χ1n) is 8.91. The van der Waals surface area contributed by atoms with Gasteiger partial charge in [0.15, 0.2) is 17.3 Å². The van der Waals surface area contributed by atoms with E-state index in [2.05, 4.69) is 10.6 Å². The van der Waals surface area contributed by atoms with Gasteiger partial charge in [0.05, 0.1) is 11.3 Å². The van der Waals surface area contributed by atoms with E-state index in [1.807, 2.05) is 0 Å². The van der Waals surface area contributed by atoms with Gasteiger partial charge in [-0.15, -0.1) is 0 Å². The van der Waals surface area contributed by atoms with Crippen LogP contribution in [-0.4, -0.2) is 25.0 Å². The predicted octanol–water partition coefficient (Wildman–Crippen LogP) is 3.89. The molecule has 0 unspecified atom stereocenters. The van der Waals surface area contributed by atoms with Crippen molar-refractivity contribution in [3.63, 3.8) is 0 Å². The SMILES string of the molecule is O=C(NCc1cc(Cl)c2c(c1)OCCO2)c1ccc(NC(=O)c2ccco2)cc1. The molecule has 0 saturated heterocycles. The van der Waals surface area contributed by atoms with Crippen molar-refractivity contribution in [3.8, 4) is 11.5 Å². The maximum absolute atomic E-state index is 12.4. The Morgan fingerprint density at radius 3 is 2.55 bits per heavy atom. The highest BCUT2D eigenvalue weighted by Gasteiger charge is 2.17. The minimum atomic E-state index is -0.359. The first kappa shape index (κ1) is 18.9. The number of anilines is 1. The van der Waals surface area contributed by atoms with Gasteiger partial charge < -0.3 is 24.5 Å². The Kier molecular flexibility index (Phi) is 5.39. The summed E-state index contributed by atoms with van der Waals surface area (Å²) in [5.41, 5.74) is 1.82. The van der Waals surface area contributed by atoms with Crippen LogP contribution in [-0.2, 0) is 6.54 Å². The van der Waals surface area contributed by atoms with E-state index in [1.165, 1.54) is 6.26 Å². The Morgan fingerprint density at radius 2 is 1.79 bits per heavy atom. The first-order chi connectivity index (χ1) is 14.1. The minimum absolute atomic E-state index is 0.213. The lowest BCUT2D eigenvalue weighted by molar-refractivity contribution is 0.0950. The Balaban J connectivity index is 1.36. The molecule has 4 rings (SSSR count). The molecular weight excluding hydrogens is 396 g/mol. The Morgan fingerprint density at radius 1 is 1.00 bits per heavy atom. The van der Waals surface area contributed by atoms with E-state index in [0.29, 0.717) is 41.0 Å². The highest BCUT2D eigenvalue weighted by molar-refractivity contribution is 6.32. The summed E-state index contributed by atoms with van der Waals surface area (Å²) in [5, 5.41) is 5.98. The molecule has 0 spiro atoms. The van der Waals surface area contributed by atoms with E-state index in [1.54, 1.807) is 48.5 Å². The zero-order valence-electron chi connectivity index (χ0n) is 15.2. The van der Waals surface area contributed by atoms with Gasteiger partial charge in [-0.2, -0.15) is 0 Å². The van der Waals surface area contributed by atoms with Crippen LogP contribution in [0.1, 0.15) is 26.5 Å². The topological polar surface area (TPSA) is 89.8 Å². The van der Waals surface area contributed by atoms with Gasteiger partial charge in [0, 0.05) is 17.8 Å². The molecule has 2 amide bonds. The molecule has 8 heteroatoms. The Hall–Kier alpha value is -3.45. The normalized spacial score (nSPS) is 12.3. The summed E-state index contributed by atoms with van der Waals surface area (Å²) in [6.45, 7) is 1.20. The fourth-order valence-electron chi connectivity index (χ4n) is 2.86. The monoisotopic (exact) mass is 412 g/mol. The summed E-state index contributed by atoms with van der Waals surface area (Å²) in [7, 11) is 0. The lowest BCUT2D eigenvalue weighted by atomic mass is 10.1. The van der Waals surface area contributed by atoms with Crippen LogP contribution >= 0.6 is 11.6 Å². The van der Waals surface area contributed by atoms with Crippen molar-refractivity contribution in [2.75, 3.05) is 18.5 Å². The molecule has 1 aromatic heterocycles. The summed E-state index contributed by atoms with van der Waals surface area (Å²) in [6.07, 6.45) is 1.43. The summed E-state index contributed by atoms with van der Waals surface area (Å²) in [5.74, 6) is 0.706. The molecule has 0 fully saturated rings. The van der Waals surface area contributed by atoms with Crippen molar-refractivity contribution < 1.29 is 23.5 Å². The van der Waals surface area contributed by atoms with Crippen LogP contribution in [0, 0.1) is 0 Å². The van der Waals surface area contributed by atoms with Crippen LogP contribution in [0.25, 0.3) is 0 Å². The van der Waals surface area contributed by atoms with Crippen molar-refractivity contribution in [1.82, 2.24) is 5.32 Å². The number of amides is 2. The van der Waals surface area contributed by atoms with Gasteiger partial charge >= 0.3 is 0 Å². The smallest absolute Gasteiger partial charge is 0.291 e. The van der Waals surface area contributed by atoms with Crippen molar-refractivity contribution in [2.24, 2.45) is 0 Å². The highest BCUT2D eigenvalue weighted by Crippen LogP contribution is 2.38. The van der Waals surface area contributed by atoms with Crippen LogP contribution in [0.3, 0.4) is 0 Å². The number of ether oxygens (including phenoxy) is 2. The average Bonchev–Trinajstić information content (AvgIpc) is 3.28. The molecule has 148 valence electrons. The van der Waals surface area contributed by atoms with Crippen LogP contribution in [0.15, 0.2) is 59.2 Å². The second-order valence-electron chi connectivity index (χ2n) is 6.29. The van der Waals surface area contributed by atoms with Crippen molar-refractivity contribution >= 4 is 29.1 Å². The summed E-state index contributed by atoms with van der Waals surface area (Å²) in [4.78, 5) is 24.4.